The van der Waals surface area contributed by atoms with Gasteiger partial charge in [0.1, 0.15) is 11.6 Å². The maximum absolute atomic E-state index is 13.7. The lowest BCUT2D eigenvalue weighted by atomic mass is 10.2. The average Bonchev–Trinajstić information content (AvgIpc) is 3.17. The van der Waals surface area contributed by atoms with Gasteiger partial charge in [-0.3, -0.25) is 9.59 Å². The van der Waals surface area contributed by atoms with Gasteiger partial charge in [0, 0.05) is 49.8 Å². The normalized spacial score (nSPS) is 15.1. The fourth-order valence-electron chi connectivity index (χ4n) is 4.48. The van der Waals surface area contributed by atoms with Crippen molar-refractivity contribution in [1.29, 1.82) is 0 Å². The largest absolute Gasteiger partial charge is 0.369 e. The summed E-state index contributed by atoms with van der Waals surface area (Å²) in [5, 5.41) is 7.79. The minimum atomic E-state index is -1.27. The van der Waals surface area contributed by atoms with Crippen LogP contribution in [0.2, 0.25) is 0 Å². The Morgan fingerprint density at radius 3 is 2.53 bits per heavy atom. The highest BCUT2D eigenvalue weighted by Crippen LogP contribution is 2.22. The quantitative estimate of drug-likeness (QED) is 0.353. The summed E-state index contributed by atoms with van der Waals surface area (Å²) in [6.45, 7) is 9.07. The van der Waals surface area contributed by atoms with Crippen molar-refractivity contribution in [1.82, 2.24) is 34.0 Å². The predicted octanol–water partition coefficient (Wildman–Crippen LogP) is 2.18. The highest BCUT2D eigenvalue weighted by atomic mass is 19.1. The number of rotatable bonds is 8. The predicted molar refractivity (Wildman–Crippen MR) is 145 cm³/mol. The number of halogens is 1. The van der Waals surface area contributed by atoms with Gasteiger partial charge in [-0.2, -0.15) is 4.98 Å². The Kier molecular flexibility index (Phi) is 7.05. The number of alkyl halides is 1. The van der Waals surface area contributed by atoms with Crippen LogP contribution in [0.5, 0.6) is 0 Å². The second kappa shape index (κ2) is 10.6. The lowest BCUT2D eigenvalue weighted by Crippen LogP contribution is -2.44. The Morgan fingerprint density at radius 1 is 1.11 bits per heavy atom. The zero-order chi connectivity index (χ0) is 26.8. The van der Waals surface area contributed by atoms with E-state index in [1.165, 1.54) is 34.6 Å². The smallest absolute Gasteiger partial charge is 0.278 e. The molecule has 4 aromatic rings. The molecule has 1 saturated heterocycles. The zero-order valence-corrected chi connectivity index (χ0v) is 21.4. The molecule has 4 heterocycles. The van der Waals surface area contributed by atoms with Gasteiger partial charge >= 0.3 is 0 Å². The molecule has 3 aromatic heterocycles. The average molecular weight is 520 g/mol. The summed E-state index contributed by atoms with van der Waals surface area (Å²) in [5.41, 5.74) is 1.48. The number of aromatic nitrogens is 6. The SMILES string of the molecule is C=CCn1c(=O)c2cnc(Nc3ccc(N4CCN(C)CC4)cc3)nc2n1-c1ccc(=O)n(CC(C)F)n1. The van der Waals surface area contributed by atoms with Crippen molar-refractivity contribution in [2.24, 2.45) is 0 Å². The van der Waals surface area contributed by atoms with Gasteiger partial charge in [0.05, 0.1) is 13.1 Å². The Hall–Kier alpha value is -4.32. The number of nitrogens with zero attached hydrogens (tertiary/aromatic N) is 8. The Labute approximate surface area is 218 Å². The van der Waals surface area contributed by atoms with E-state index in [9.17, 15) is 14.0 Å². The summed E-state index contributed by atoms with van der Waals surface area (Å²) >= 11 is 0. The molecule has 1 atom stereocenters. The van der Waals surface area contributed by atoms with Gasteiger partial charge in [0.25, 0.3) is 11.1 Å². The summed E-state index contributed by atoms with van der Waals surface area (Å²) < 4.78 is 17.6. The summed E-state index contributed by atoms with van der Waals surface area (Å²) in [7, 11) is 2.13. The van der Waals surface area contributed by atoms with Crippen LogP contribution >= 0.6 is 0 Å². The van der Waals surface area contributed by atoms with Gasteiger partial charge in [-0.15, -0.1) is 11.7 Å². The Balaban J connectivity index is 1.50. The van der Waals surface area contributed by atoms with Crippen LogP contribution in [0, 0.1) is 0 Å². The molecule has 1 N–H and O–H groups in total. The minimum Gasteiger partial charge on any atom is -0.369 e. The third kappa shape index (κ3) is 5.07. The molecule has 38 heavy (non-hydrogen) atoms. The maximum Gasteiger partial charge on any atom is 0.278 e. The van der Waals surface area contributed by atoms with Crippen LogP contribution in [0.3, 0.4) is 0 Å². The van der Waals surface area contributed by atoms with Crippen molar-refractivity contribution in [3.63, 3.8) is 0 Å². The standard InChI is InChI=1S/C26H30FN9O2/c1-4-11-35-25(38)21-16-28-26(29-19-5-7-20(8-6-19)33-14-12-32(3)13-15-33)30-24(21)36(35)22-9-10-23(37)34(31-22)17-18(2)27/h4-10,16,18H,1,11-15,17H2,2-3H3,(H,28,29,30). The molecule has 1 fully saturated rings. The monoisotopic (exact) mass is 519 g/mol. The van der Waals surface area contributed by atoms with E-state index in [1.54, 1.807) is 6.08 Å². The first-order chi connectivity index (χ1) is 18.3. The van der Waals surface area contributed by atoms with E-state index in [0.29, 0.717) is 11.6 Å². The number of piperazine rings is 1. The van der Waals surface area contributed by atoms with Crippen LogP contribution in [0.1, 0.15) is 6.92 Å². The molecule has 0 amide bonds. The first kappa shape index (κ1) is 25.3. The number of benzene rings is 1. The molecule has 11 nitrogen and oxygen atoms in total. The zero-order valence-electron chi connectivity index (χ0n) is 21.4. The Bertz CT molecular complexity index is 1560. The first-order valence-electron chi connectivity index (χ1n) is 12.5. The number of allylic oxidation sites excluding steroid dienone is 1. The lowest BCUT2D eigenvalue weighted by Gasteiger charge is -2.34. The van der Waals surface area contributed by atoms with Gasteiger partial charge < -0.3 is 15.1 Å². The van der Waals surface area contributed by atoms with Crippen LogP contribution in [-0.4, -0.2) is 73.4 Å². The van der Waals surface area contributed by atoms with E-state index in [2.05, 4.69) is 55.9 Å². The second-order valence-corrected chi connectivity index (χ2v) is 9.37. The van der Waals surface area contributed by atoms with Crippen molar-refractivity contribution in [3.8, 4) is 5.82 Å². The molecular weight excluding hydrogens is 489 g/mol. The third-order valence-corrected chi connectivity index (χ3v) is 6.46. The summed E-state index contributed by atoms with van der Waals surface area (Å²) in [6, 6.07) is 10.8. The fraction of sp³-hybridized carbons (Fsp3) is 0.346. The second-order valence-electron chi connectivity index (χ2n) is 9.37. The molecule has 1 aromatic carbocycles. The van der Waals surface area contributed by atoms with Crippen LogP contribution < -0.4 is 21.3 Å². The molecule has 0 radical (unpaired) electrons. The van der Waals surface area contributed by atoms with E-state index < -0.39 is 11.7 Å². The van der Waals surface area contributed by atoms with Gasteiger partial charge in [-0.1, -0.05) is 6.08 Å². The van der Waals surface area contributed by atoms with Crippen molar-refractivity contribution in [2.75, 3.05) is 43.4 Å². The van der Waals surface area contributed by atoms with E-state index in [-0.39, 0.29) is 29.9 Å². The molecule has 198 valence electrons. The molecule has 1 unspecified atom stereocenters. The summed E-state index contributed by atoms with van der Waals surface area (Å²) in [4.78, 5) is 39.0. The van der Waals surface area contributed by atoms with Crippen molar-refractivity contribution in [3.05, 3.63) is 76.0 Å². The minimum absolute atomic E-state index is 0.173. The molecule has 0 bridgehead atoms. The van der Waals surface area contributed by atoms with Crippen LogP contribution in [-0.2, 0) is 13.1 Å². The van der Waals surface area contributed by atoms with E-state index in [0.717, 1.165) is 42.2 Å². The number of fused-ring (bicyclic) bond motifs is 1. The van der Waals surface area contributed by atoms with E-state index in [4.69, 9.17) is 0 Å². The fourth-order valence-corrected chi connectivity index (χ4v) is 4.48. The first-order valence-corrected chi connectivity index (χ1v) is 12.5. The van der Waals surface area contributed by atoms with Gasteiger partial charge in [-0.05, 0) is 44.3 Å². The molecule has 0 spiro atoms. The van der Waals surface area contributed by atoms with Crippen LogP contribution in [0.15, 0.2) is 64.8 Å². The van der Waals surface area contributed by atoms with Gasteiger partial charge in [0.15, 0.2) is 11.5 Å². The molecule has 0 aliphatic carbocycles. The molecule has 12 heteroatoms. The van der Waals surface area contributed by atoms with Crippen molar-refractivity contribution in [2.45, 2.75) is 26.2 Å². The highest BCUT2D eigenvalue weighted by Gasteiger charge is 2.19. The summed E-state index contributed by atoms with van der Waals surface area (Å²) in [5.74, 6) is 0.542. The lowest BCUT2D eigenvalue weighted by molar-refractivity contribution is 0.303. The topological polar surface area (TPSA) is 106 Å². The number of hydrogen-bond acceptors (Lipinski definition) is 8. The van der Waals surface area contributed by atoms with E-state index in [1.807, 2.05) is 12.1 Å². The molecule has 0 saturated carbocycles. The van der Waals surface area contributed by atoms with Crippen molar-refractivity contribution < 1.29 is 4.39 Å². The van der Waals surface area contributed by atoms with Crippen LogP contribution in [0.25, 0.3) is 16.9 Å². The third-order valence-electron chi connectivity index (χ3n) is 6.46. The molecular formula is C26H30FN9O2. The summed E-state index contributed by atoms with van der Waals surface area (Å²) in [6.07, 6.45) is 1.76. The number of likely N-dealkylation sites (N-methyl/N-ethyl adjacent to an activating group) is 1. The van der Waals surface area contributed by atoms with Gasteiger partial charge in [-0.25, -0.2) is 23.4 Å². The Morgan fingerprint density at radius 2 is 1.84 bits per heavy atom. The maximum atomic E-state index is 13.7. The van der Waals surface area contributed by atoms with Crippen molar-refractivity contribution >= 4 is 28.4 Å². The highest BCUT2D eigenvalue weighted by molar-refractivity contribution is 5.77. The number of hydrogen-bond donors (Lipinski definition) is 1. The number of nitrogens with one attached hydrogen (secondary N) is 1. The van der Waals surface area contributed by atoms with E-state index >= 15 is 0 Å². The van der Waals surface area contributed by atoms with Gasteiger partial charge in [0.2, 0.25) is 5.95 Å². The molecule has 5 rings (SSSR count). The van der Waals surface area contributed by atoms with Crippen LogP contribution in [0.4, 0.5) is 21.7 Å². The number of anilines is 3. The molecule has 1 aliphatic heterocycles. The molecule has 1 aliphatic rings.